The first-order valence-corrected chi connectivity index (χ1v) is 3.33. The Morgan fingerprint density at radius 2 is 2.56 bits per heavy atom. The van der Waals surface area contributed by atoms with E-state index < -0.39 is 0 Å². The number of nitrogen functional groups attached to an aromatic ring is 1. The summed E-state index contributed by atoms with van der Waals surface area (Å²) in [4.78, 5) is 3.92. The summed E-state index contributed by atoms with van der Waals surface area (Å²) >= 11 is 1.22. The summed E-state index contributed by atoms with van der Waals surface area (Å²) < 4.78 is 3.95. The molecule has 0 saturated carbocycles. The fourth-order valence-electron chi connectivity index (χ4n) is 0.497. The summed E-state index contributed by atoms with van der Waals surface area (Å²) in [6, 6.07) is 0. The summed E-state index contributed by atoms with van der Waals surface area (Å²) in [6.07, 6.45) is 0. The van der Waals surface area contributed by atoms with Crippen molar-refractivity contribution in [2.75, 3.05) is 12.8 Å². The van der Waals surface area contributed by atoms with Crippen molar-refractivity contribution in [2.24, 2.45) is 0 Å². The average Bonchev–Trinajstić information content (AvgIpc) is 2.17. The van der Waals surface area contributed by atoms with E-state index >= 15 is 0 Å². The Morgan fingerprint density at radius 1 is 1.78 bits per heavy atom. The van der Waals surface area contributed by atoms with Crippen LogP contribution in [0.5, 0.6) is 0 Å². The lowest BCUT2D eigenvalue weighted by molar-refractivity contribution is 0.776. The van der Waals surface area contributed by atoms with E-state index in [1.807, 2.05) is 7.05 Å². The molecule has 0 fully saturated rings. The van der Waals surface area contributed by atoms with Crippen LogP contribution < -0.4 is 11.1 Å². The molecule has 0 aromatic carbocycles. The van der Waals surface area contributed by atoms with E-state index in [1.165, 1.54) is 11.5 Å². The zero-order valence-corrected chi connectivity index (χ0v) is 5.90. The van der Waals surface area contributed by atoms with Crippen LogP contribution >= 0.6 is 11.5 Å². The zero-order chi connectivity index (χ0) is 6.69. The van der Waals surface area contributed by atoms with Crippen molar-refractivity contribution in [3.05, 3.63) is 5.82 Å². The Kier molecular flexibility index (Phi) is 1.96. The molecule has 0 radical (unpaired) electrons. The molecule has 0 spiro atoms. The molecule has 5 heteroatoms. The van der Waals surface area contributed by atoms with Gasteiger partial charge in [-0.25, -0.2) is 4.98 Å². The van der Waals surface area contributed by atoms with Gasteiger partial charge in [0.15, 0.2) is 11.0 Å². The smallest absolute Gasteiger partial charge is 0.199 e. The molecule has 9 heavy (non-hydrogen) atoms. The van der Waals surface area contributed by atoms with E-state index in [2.05, 4.69) is 14.7 Å². The van der Waals surface area contributed by atoms with Crippen LogP contribution in [0.4, 0.5) is 5.13 Å². The second-order valence-corrected chi connectivity index (χ2v) is 2.36. The number of nitrogens with one attached hydrogen (secondary N) is 1. The van der Waals surface area contributed by atoms with Crippen LogP contribution in [0.25, 0.3) is 0 Å². The number of rotatable bonds is 2. The minimum absolute atomic E-state index is 0.528. The third-order valence-corrected chi connectivity index (χ3v) is 1.40. The molecule has 50 valence electrons. The van der Waals surface area contributed by atoms with E-state index in [0.717, 1.165) is 5.82 Å². The number of anilines is 1. The Balaban J connectivity index is 2.61. The molecule has 0 unspecified atom stereocenters. The summed E-state index contributed by atoms with van der Waals surface area (Å²) in [5.74, 6) is 0.764. The molecule has 0 aliphatic carbocycles. The third-order valence-electron chi connectivity index (χ3n) is 0.819. The lowest BCUT2D eigenvalue weighted by Gasteiger charge is -1.87. The van der Waals surface area contributed by atoms with Gasteiger partial charge in [0.25, 0.3) is 0 Å². The van der Waals surface area contributed by atoms with E-state index in [0.29, 0.717) is 11.7 Å². The van der Waals surface area contributed by atoms with Crippen LogP contribution in [0.2, 0.25) is 0 Å². The van der Waals surface area contributed by atoms with Gasteiger partial charge in [0, 0.05) is 11.5 Å². The molecular formula is C4H8N4S. The van der Waals surface area contributed by atoms with Crippen molar-refractivity contribution < 1.29 is 0 Å². The minimum Gasteiger partial charge on any atom is -0.374 e. The predicted octanol–water partition coefficient (Wildman–Crippen LogP) is -0.160. The van der Waals surface area contributed by atoms with Crippen molar-refractivity contribution in [1.29, 1.82) is 0 Å². The van der Waals surface area contributed by atoms with Gasteiger partial charge in [-0.05, 0) is 7.05 Å². The molecule has 0 saturated heterocycles. The average molecular weight is 144 g/mol. The van der Waals surface area contributed by atoms with Crippen molar-refractivity contribution in [1.82, 2.24) is 14.7 Å². The molecule has 0 bridgehead atoms. The fourth-order valence-corrected chi connectivity index (χ4v) is 0.948. The van der Waals surface area contributed by atoms with Crippen molar-refractivity contribution in [2.45, 2.75) is 6.54 Å². The molecule has 0 aliphatic rings. The first-order chi connectivity index (χ1) is 4.33. The zero-order valence-electron chi connectivity index (χ0n) is 5.09. The van der Waals surface area contributed by atoms with Gasteiger partial charge in [0.1, 0.15) is 0 Å². The quantitative estimate of drug-likeness (QED) is 0.605. The Bertz CT molecular complexity index is 184. The Morgan fingerprint density at radius 3 is 3.00 bits per heavy atom. The number of nitrogens with zero attached hydrogens (tertiary/aromatic N) is 2. The van der Waals surface area contributed by atoms with Crippen LogP contribution in [-0.2, 0) is 6.54 Å². The number of nitrogens with two attached hydrogens (primary N) is 1. The van der Waals surface area contributed by atoms with Gasteiger partial charge in [-0.15, -0.1) is 0 Å². The summed E-state index contributed by atoms with van der Waals surface area (Å²) in [5, 5.41) is 3.45. The fraction of sp³-hybridized carbons (Fsp3) is 0.500. The topological polar surface area (TPSA) is 63.8 Å². The lowest BCUT2D eigenvalue weighted by atomic mass is 10.6. The molecule has 1 aromatic rings. The standard InChI is InChI=1S/C4H8N4S/c1-6-2-3-7-4(5)9-8-3/h6H,2H2,1H3,(H2,5,7,8). The SMILES string of the molecule is CNCc1nsc(N)n1. The van der Waals surface area contributed by atoms with Crippen molar-refractivity contribution in [3.63, 3.8) is 0 Å². The molecule has 1 heterocycles. The highest BCUT2D eigenvalue weighted by molar-refractivity contribution is 7.09. The first kappa shape index (κ1) is 6.44. The van der Waals surface area contributed by atoms with Gasteiger partial charge < -0.3 is 11.1 Å². The highest BCUT2D eigenvalue weighted by Gasteiger charge is 1.96. The second-order valence-electron chi connectivity index (χ2n) is 1.58. The molecule has 0 aliphatic heterocycles. The molecule has 1 rings (SSSR count). The van der Waals surface area contributed by atoms with Gasteiger partial charge in [-0.1, -0.05) is 0 Å². The number of hydrogen-bond donors (Lipinski definition) is 2. The van der Waals surface area contributed by atoms with Gasteiger partial charge in [-0.2, -0.15) is 4.37 Å². The first-order valence-electron chi connectivity index (χ1n) is 2.55. The van der Waals surface area contributed by atoms with Crippen LogP contribution in [-0.4, -0.2) is 16.4 Å². The normalized spacial score (nSPS) is 9.89. The monoisotopic (exact) mass is 144 g/mol. The molecule has 3 N–H and O–H groups in total. The molecule has 4 nitrogen and oxygen atoms in total. The lowest BCUT2D eigenvalue weighted by Crippen LogP contribution is -2.06. The highest BCUT2D eigenvalue weighted by Crippen LogP contribution is 2.04. The van der Waals surface area contributed by atoms with Crippen LogP contribution in [0, 0.1) is 0 Å². The van der Waals surface area contributed by atoms with E-state index in [4.69, 9.17) is 5.73 Å². The maximum atomic E-state index is 5.33. The largest absolute Gasteiger partial charge is 0.374 e. The minimum atomic E-state index is 0.528. The Labute approximate surface area is 57.3 Å². The Hall–Kier alpha value is -0.680. The predicted molar refractivity (Wildman–Crippen MR) is 37.1 cm³/mol. The second kappa shape index (κ2) is 2.75. The van der Waals surface area contributed by atoms with Gasteiger partial charge in [0.2, 0.25) is 0 Å². The summed E-state index contributed by atoms with van der Waals surface area (Å²) in [6.45, 7) is 0.688. The van der Waals surface area contributed by atoms with Gasteiger partial charge in [-0.3, -0.25) is 0 Å². The highest BCUT2D eigenvalue weighted by atomic mass is 32.1. The molecule has 1 aromatic heterocycles. The van der Waals surface area contributed by atoms with Crippen molar-refractivity contribution in [3.8, 4) is 0 Å². The van der Waals surface area contributed by atoms with E-state index in [-0.39, 0.29) is 0 Å². The summed E-state index contributed by atoms with van der Waals surface area (Å²) in [5.41, 5.74) is 5.33. The maximum Gasteiger partial charge on any atom is 0.199 e. The molecular weight excluding hydrogens is 136 g/mol. The van der Waals surface area contributed by atoms with E-state index in [9.17, 15) is 0 Å². The molecule has 0 atom stereocenters. The van der Waals surface area contributed by atoms with Crippen LogP contribution in [0.3, 0.4) is 0 Å². The van der Waals surface area contributed by atoms with Crippen LogP contribution in [0.1, 0.15) is 5.82 Å². The van der Waals surface area contributed by atoms with Gasteiger partial charge in [0.05, 0.1) is 6.54 Å². The number of aromatic nitrogens is 2. The third kappa shape index (κ3) is 1.62. The van der Waals surface area contributed by atoms with Gasteiger partial charge >= 0.3 is 0 Å². The van der Waals surface area contributed by atoms with Crippen molar-refractivity contribution >= 4 is 16.7 Å². The maximum absolute atomic E-state index is 5.33. The summed E-state index contributed by atoms with van der Waals surface area (Å²) in [7, 11) is 1.84. The van der Waals surface area contributed by atoms with Crippen LogP contribution in [0.15, 0.2) is 0 Å². The number of hydrogen-bond acceptors (Lipinski definition) is 5. The molecule has 0 amide bonds. The van der Waals surface area contributed by atoms with E-state index in [1.54, 1.807) is 0 Å².